The average Bonchev–Trinajstić information content (AvgIpc) is 3.54. The molecule has 0 aliphatic rings. The van der Waals surface area contributed by atoms with Crippen molar-refractivity contribution < 1.29 is 18.1 Å². The average molecular weight is 467 g/mol. The maximum atomic E-state index is 13.9. The summed E-state index contributed by atoms with van der Waals surface area (Å²) >= 11 is 5.92. The first-order valence-corrected chi connectivity index (χ1v) is 9.94. The topological polar surface area (TPSA) is 112 Å². The first-order chi connectivity index (χ1) is 16.0. The van der Waals surface area contributed by atoms with Gasteiger partial charge in [0, 0.05) is 16.7 Å². The van der Waals surface area contributed by atoms with E-state index in [-0.39, 0.29) is 5.69 Å². The van der Waals surface area contributed by atoms with Gasteiger partial charge in [-0.25, -0.2) is 13.8 Å². The number of carbonyl (C=O) groups excluding carboxylic acids is 1. The fourth-order valence-electron chi connectivity index (χ4n) is 3.19. The number of nitrogens with one attached hydrogen (secondary N) is 3. The van der Waals surface area contributed by atoms with Crippen LogP contribution in [0.1, 0.15) is 10.4 Å². The summed E-state index contributed by atoms with van der Waals surface area (Å²) < 4.78 is 33.3. The lowest BCUT2D eigenvalue weighted by molar-refractivity contribution is 0.101. The van der Waals surface area contributed by atoms with Crippen molar-refractivity contribution in [3.8, 4) is 34.2 Å². The van der Waals surface area contributed by atoms with E-state index in [4.69, 9.17) is 16.1 Å². The van der Waals surface area contributed by atoms with E-state index in [1.165, 1.54) is 18.5 Å². The summed E-state index contributed by atoms with van der Waals surface area (Å²) in [6, 6.07) is 12.1. The number of aromatic amines is 2. The van der Waals surface area contributed by atoms with Crippen LogP contribution in [-0.2, 0) is 0 Å². The zero-order valence-electron chi connectivity index (χ0n) is 16.6. The van der Waals surface area contributed by atoms with Gasteiger partial charge in [-0.2, -0.15) is 5.10 Å². The Morgan fingerprint density at radius 2 is 1.82 bits per heavy atom. The molecule has 3 aromatic heterocycles. The van der Waals surface area contributed by atoms with E-state index >= 15 is 0 Å². The molecule has 0 radical (unpaired) electrons. The van der Waals surface area contributed by atoms with Crippen molar-refractivity contribution in [2.75, 3.05) is 5.32 Å². The van der Waals surface area contributed by atoms with Crippen LogP contribution in [0.25, 0.3) is 34.2 Å². The Labute approximate surface area is 189 Å². The summed E-state index contributed by atoms with van der Waals surface area (Å²) in [5.74, 6) is -2.16. The first kappa shape index (κ1) is 20.6. The Hall–Kier alpha value is -4.31. The molecule has 0 spiro atoms. The third kappa shape index (κ3) is 3.99. The zero-order chi connectivity index (χ0) is 22.9. The normalized spacial score (nSPS) is 11.0. The van der Waals surface area contributed by atoms with Crippen LogP contribution in [0.15, 0.2) is 65.4 Å². The van der Waals surface area contributed by atoms with Crippen LogP contribution in [0.2, 0.25) is 5.02 Å². The van der Waals surface area contributed by atoms with Crippen molar-refractivity contribution in [2.24, 2.45) is 0 Å². The predicted octanol–water partition coefficient (Wildman–Crippen LogP) is 5.31. The van der Waals surface area contributed by atoms with Crippen molar-refractivity contribution in [3.05, 3.63) is 83.1 Å². The number of hydrogen-bond donors (Lipinski definition) is 3. The van der Waals surface area contributed by atoms with Crippen molar-refractivity contribution in [2.45, 2.75) is 0 Å². The SMILES string of the molecule is O=C(Nc1cn[nH]c1-c1ncc(-c2cc(-c3ccc(Cl)cc3)no2)[nH]1)c1c(F)cccc1F. The number of benzene rings is 2. The lowest BCUT2D eigenvalue weighted by atomic mass is 10.1. The van der Waals surface area contributed by atoms with E-state index in [1.54, 1.807) is 18.2 Å². The van der Waals surface area contributed by atoms with Crippen LogP contribution in [0, 0.1) is 11.6 Å². The zero-order valence-corrected chi connectivity index (χ0v) is 17.3. The maximum absolute atomic E-state index is 13.9. The lowest BCUT2D eigenvalue weighted by Crippen LogP contribution is -2.16. The number of amides is 1. The minimum Gasteiger partial charge on any atom is -0.354 e. The van der Waals surface area contributed by atoms with Gasteiger partial charge in [0.05, 0.1) is 18.1 Å². The molecule has 0 bridgehead atoms. The highest BCUT2D eigenvalue weighted by molar-refractivity contribution is 6.30. The van der Waals surface area contributed by atoms with Crippen LogP contribution in [0.3, 0.4) is 0 Å². The molecule has 1 amide bonds. The number of H-pyrrole nitrogens is 2. The quantitative estimate of drug-likeness (QED) is 0.325. The van der Waals surface area contributed by atoms with E-state index in [0.717, 1.165) is 17.7 Å². The highest BCUT2D eigenvalue weighted by atomic mass is 35.5. The van der Waals surface area contributed by atoms with Crippen LogP contribution in [0.4, 0.5) is 14.5 Å². The molecular weight excluding hydrogens is 454 g/mol. The minimum atomic E-state index is -0.973. The summed E-state index contributed by atoms with van der Waals surface area (Å²) in [5.41, 5.74) is 1.75. The smallest absolute Gasteiger partial charge is 0.261 e. The standard InChI is InChI=1S/C22H13ClF2N6O2/c23-12-6-4-11(5-7-12)15-8-18(33-31-15)16-9-26-21(28-16)20-17(10-27-30-20)29-22(32)19-13(24)2-1-3-14(19)25/h1-10H,(H,26,28)(H,27,30)(H,29,32). The fourth-order valence-corrected chi connectivity index (χ4v) is 3.32. The number of anilines is 1. The van der Waals surface area contributed by atoms with Crippen molar-refractivity contribution in [3.63, 3.8) is 0 Å². The van der Waals surface area contributed by atoms with Crippen LogP contribution < -0.4 is 5.32 Å². The highest BCUT2D eigenvalue weighted by Crippen LogP contribution is 2.29. The predicted molar refractivity (Wildman–Crippen MR) is 116 cm³/mol. The molecule has 0 saturated carbocycles. The van der Waals surface area contributed by atoms with Gasteiger partial charge in [-0.3, -0.25) is 9.89 Å². The van der Waals surface area contributed by atoms with Gasteiger partial charge in [0.2, 0.25) is 0 Å². The Balaban J connectivity index is 1.39. The molecule has 8 nitrogen and oxygen atoms in total. The monoisotopic (exact) mass is 466 g/mol. The van der Waals surface area contributed by atoms with Crippen LogP contribution >= 0.6 is 11.6 Å². The third-order valence-corrected chi connectivity index (χ3v) is 5.06. The molecule has 0 saturated heterocycles. The maximum Gasteiger partial charge on any atom is 0.261 e. The first-order valence-electron chi connectivity index (χ1n) is 9.57. The van der Waals surface area contributed by atoms with Gasteiger partial charge < -0.3 is 14.8 Å². The lowest BCUT2D eigenvalue weighted by Gasteiger charge is -2.06. The molecule has 5 rings (SSSR count). The summed E-state index contributed by atoms with van der Waals surface area (Å²) in [6.07, 6.45) is 2.83. The Morgan fingerprint density at radius 1 is 1.06 bits per heavy atom. The number of nitrogens with zero attached hydrogens (tertiary/aromatic N) is 3. The van der Waals surface area contributed by atoms with Gasteiger partial charge in [-0.15, -0.1) is 0 Å². The van der Waals surface area contributed by atoms with Gasteiger partial charge in [0.25, 0.3) is 5.91 Å². The van der Waals surface area contributed by atoms with E-state index in [2.05, 4.69) is 30.6 Å². The molecule has 0 aliphatic heterocycles. The number of hydrogen-bond acceptors (Lipinski definition) is 5. The van der Waals surface area contributed by atoms with Gasteiger partial charge in [0.1, 0.15) is 34.3 Å². The Bertz CT molecular complexity index is 1440. The van der Waals surface area contributed by atoms with Gasteiger partial charge >= 0.3 is 0 Å². The Morgan fingerprint density at radius 3 is 2.58 bits per heavy atom. The molecule has 11 heteroatoms. The second-order valence-corrected chi connectivity index (χ2v) is 7.37. The summed E-state index contributed by atoms with van der Waals surface area (Å²) in [5, 5.41) is 13.7. The van der Waals surface area contributed by atoms with Crippen molar-refractivity contribution in [1.29, 1.82) is 0 Å². The number of carbonyl (C=O) groups is 1. The molecular formula is C22H13ClF2N6O2. The number of aromatic nitrogens is 5. The number of imidazole rings is 1. The largest absolute Gasteiger partial charge is 0.354 e. The molecule has 33 heavy (non-hydrogen) atoms. The summed E-state index contributed by atoms with van der Waals surface area (Å²) in [6.45, 7) is 0. The molecule has 3 heterocycles. The highest BCUT2D eigenvalue weighted by Gasteiger charge is 2.21. The van der Waals surface area contributed by atoms with Crippen molar-refractivity contribution in [1.82, 2.24) is 25.3 Å². The van der Waals surface area contributed by atoms with E-state index in [9.17, 15) is 13.6 Å². The molecule has 0 unspecified atom stereocenters. The Kier molecular flexibility index (Phi) is 5.19. The second kappa shape index (κ2) is 8.32. The molecule has 5 aromatic rings. The minimum absolute atomic E-state index is 0.183. The molecule has 3 N–H and O–H groups in total. The number of halogens is 3. The number of rotatable bonds is 5. The van der Waals surface area contributed by atoms with E-state index < -0.39 is 23.1 Å². The van der Waals surface area contributed by atoms with Crippen LogP contribution in [0.5, 0.6) is 0 Å². The molecule has 2 aromatic carbocycles. The molecule has 0 atom stereocenters. The van der Waals surface area contributed by atoms with Crippen molar-refractivity contribution >= 4 is 23.2 Å². The van der Waals surface area contributed by atoms with E-state index in [1.807, 2.05) is 12.1 Å². The van der Waals surface area contributed by atoms with Gasteiger partial charge in [-0.05, 0) is 24.3 Å². The third-order valence-electron chi connectivity index (χ3n) is 4.81. The molecule has 164 valence electrons. The summed E-state index contributed by atoms with van der Waals surface area (Å²) in [4.78, 5) is 19.7. The molecule has 0 fully saturated rings. The van der Waals surface area contributed by atoms with Gasteiger partial charge in [0.15, 0.2) is 11.6 Å². The van der Waals surface area contributed by atoms with Crippen LogP contribution in [-0.4, -0.2) is 31.2 Å². The second-order valence-electron chi connectivity index (χ2n) is 6.94. The van der Waals surface area contributed by atoms with Gasteiger partial charge in [-0.1, -0.05) is 35.0 Å². The van der Waals surface area contributed by atoms with E-state index in [0.29, 0.717) is 33.7 Å². The summed E-state index contributed by atoms with van der Waals surface area (Å²) in [7, 11) is 0. The fraction of sp³-hybridized carbons (Fsp3) is 0. The molecule has 0 aliphatic carbocycles.